The van der Waals surface area contributed by atoms with Gasteiger partial charge in [-0.25, -0.2) is 4.79 Å². The zero-order chi connectivity index (χ0) is 15.5. The Morgan fingerprint density at radius 1 is 1.14 bits per heavy atom. The first-order valence-electron chi connectivity index (χ1n) is 7.05. The predicted molar refractivity (Wildman–Crippen MR) is 77.8 cm³/mol. The van der Waals surface area contributed by atoms with Crippen molar-refractivity contribution in [3.8, 4) is 11.5 Å². The normalized spacial score (nSPS) is 15.0. The third kappa shape index (κ3) is 4.77. The van der Waals surface area contributed by atoms with Crippen LogP contribution >= 0.6 is 0 Å². The van der Waals surface area contributed by atoms with Gasteiger partial charge in [0.05, 0.1) is 6.10 Å². The molecule has 0 spiro atoms. The highest BCUT2D eigenvalue weighted by Crippen LogP contribution is 2.24. The highest BCUT2D eigenvalue weighted by atomic mass is 16.7. The second-order valence-electron chi connectivity index (χ2n) is 6.03. The summed E-state index contributed by atoms with van der Waals surface area (Å²) in [5.74, 6) is 0.517. The Morgan fingerprint density at radius 2 is 1.81 bits per heavy atom. The summed E-state index contributed by atoms with van der Waals surface area (Å²) in [6, 6.07) is 5.97. The van der Waals surface area contributed by atoms with Crippen molar-refractivity contribution >= 4 is 6.16 Å². The number of ether oxygens (including phenoxy) is 3. The quantitative estimate of drug-likeness (QED) is 0.800. The van der Waals surface area contributed by atoms with Gasteiger partial charge in [0.25, 0.3) is 0 Å². The van der Waals surface area contributed by atoms with Gasteiger partial charge in [-0.1, -0.05) is 0 Å². The molecule has 2 rings (SSSR count). The van der Waals surface area contributed by atoms with Gasteiger partial charge in [-0.15, -0.1) is 0 Å². The van der Waals surface area contributed by atoms with Crippen LogP contribution in [0.5, 0.6) is 11.5 Å². The van der Waals surface area contributed by atoms with E-state index in [1.807, 2.05) is 0 Å². The van der Waals surface area contributed by atoms with Crippen molar-refractivity contribution in [1.29, 1.82) is 0 Å². The third-order valence-corrected chi connectivity index (χ3v) is 2.98. The Morgan fingerprint density at radius 3 is 2.38 bits per heavy atom. The first-order valence-corrected chi connectivity index (χ1v) is 7.05. The van der Waals surface area contributed by atoms with E-state index in [9.17, 15) is 9.59 Å². The van der Waals surface area contributed by atoms with E-state index < -0.39 is 17.2 Å². The molecule has 0 radical (unpaired) electrons. The fraction of sp³-hybridized carbons (Fsp3) is 0.500. The molecule has 0 unspecified atom stereocenters. The van der Waals surface area contributed by atoms with E-state index in [0.29, 0.717) is 5.75 Å². The lowest BCUT2D eigenvalue weighted by Gasteiger charge is -2.25. The molecule has 1 aliphatic carbocycles. The van der Waals surface area contributed by atoms with Crippen molar-refractivity contribution in [2.24, 2.45) is 0 Å². The Balaban J connectivity index is 2.07. The molecule has 0 bridgehead atoms. The van der Waals surface area contributed by atoms with Crippen molar-refractivity contribution < 1.29 is 19.0 Å². The number of hydrogen-bond acceptors (Lipinski definition) is 5. The van der Waals surface area contributed by atoms with Crippen LogP contribution in [0.4, 0.5) is 4.79 Å². The van der Waals surface area contributed by atoms with Gasteiger partial charge in [0.15, 0.2) is 5.75 Å². The number of hydrogen-bond donors (Lipinski definition) is 0. The molecule has 0 aliphatic heterocycles. The van der Waals surface area contributed by atoms with E-state index in [1.165, 1.54) is 18.6 Å². The number of carbonyl (C=O) groups excluding carboxylic acids is 1. The van der Waals surface area contributed by atoms with Gasteiger partial charge >= 0.3 is 6.16 Å². The zero-order valence-electron chi connectivity index (χ0n) is 12.5. The van der Waals surface area contributed by atoms with Gasteiger partial charge in [-0.2, -0.15) is 0 Å². The standard InChI is InChI=1S/C16H20O5/c1-16(2,3)21-15(18)20-14-10-8-12(7-9-13(14)17)19-11-5-4-6-11/h7-11H,4-6H2,1-3H3. The Kier molecular flexibility index (Phi) is 4.50. The van der Waals surface area contributed by atoms with E-state index in [0.717, 1.165) is 12.8 Å². The van der Waals surface area contributed by atoms with Gasteiger partial charge in [-0.3, -0.25) is 4.79 Å². The fourth-order valence-electron chi connectivity index (χ4n) is 1.74. The molecule has 1 aromatic rings. The second kappa shape index (κ2) is 6.16. The van der Waals surface area contributed by atoms with Gasteiger partial charge < -0.3 is 14.2 Å². The molecule has 5 nitrogen and oxygen atoms in total. The van der Waals surface area contributed by atoms with Crippen LogP contribution in [0.2, 0.25) is 0 Å². The van der Waals surface area contributed by atoms with E-state index in [1.54, 1.807) is 32.9 Å². The topological polar surface area (TPSA) is 61.8 Å². The maximum absolute atomic E-state index is 11.9. The van der Waals surface area contributed by atoms with Crippen molar-refractivity contribution in [3.63, 3.8) is 0 Å². The first kappa shape index (κ1) is 15.4. The molecule has 5 heteroatoms. The molecule has 1 fully saturated rings. The molecule has 114 valence electrons. The number of rotatable bonds is 3. The Labute approximate surface area is 123 Å². The highest BCUT2D eigenvalue weighted by molar-refractivity contribution is 5.64. The Bertz CT molecular complexity index is 570. The Hall–Kier alpha value is -2.04. The van der Waals surface area contributed by atoms with Crippen LogP contribution in [0, 0.1) is 0 Å². The van der Waals surface area contributed by atoms with Crippen LogP contribution in [-0.4, -0.2) is 17.9 Å². The molecule has 0 saturated heterocycles. The van der Waals surface area contributed by atoms with Gasteiger partial charge in [0.2, 0.25) is 5.43 Å². The van der Waals surface area contributed by atoms with Crippen LogP contribution in [0.25, 0.3) is 0 Å². The molecule has 0 heterocycles. The largest absolute Gasteiger partial charge is 0.514 e. The lowest BCUT2D eigenvalue weighted by Crippen LogP contribution is -2.26. The minimum Gasteiger partial charge on any atom is -0.490 e. The lowest BCUT2D eigenvalue weighted by molar-refractivity contribution is 0.0204. The number of carbonyl (C=O) groups is 1. The first-order chi connectivity index (χ1) is 9.83. The van der Waals surface area contributed by atoms with Crippen molar-refractivity contribution in [2.45, 2.75) is 51.7 Å². The minimum atomic E-state index is -0.896. The molecule has 0 atom stereocenters. The summed E-state index contributed by atoms with van der Waals surface area (Å²) in [5.41, 5.74) is -1.07. The van der Waals surface area contributed by atoms with Crippen molar-refractivity contribution in [2.75, 3.05) is 0 Å². The highest BCUT2D eigenvalue weighted by Gasteiger charge is 2.20. The van der Waals surface area contributed by atoms with E-state index in [2.05, 4.69) is 0 Å². The average molecular weight is 292 g/mol. The minimum absolute atomic E-state index is 0.0762. The monoisotopic (exact) mass is 292 g/mol. The van der Waals surface area contributed by atoms with Crippen LogP contribution in [0.3, 0.4) is 0 Å². The summed E-state index contributed by atoms with van der Waals surface area (Å²) >= 11 is 0. The van der Waals surface area contributed by atoms with Crippen molar-refractivity contribution in [3.05, 3.63) is 34.5 Å². The smallest absolute Gasteiger partial charge is 0.490 e. The second-order valence-corrected chi connectivity index (χ2v) is 6.03. The van der Waals surface area contributed by atoms with Gasteiger partial charge in [0.1, 0.15) is 11.4 Å². The van der Waals surface area contributed by atoms with Crippen LogP contribution < -0.4 is 14.9 Å². The summed E-state index contributed by atoms with van der Waals surface area (Å²) in [4.78, 5) is 23.4. The third-order valence-electron chi connectivity index (χ3n) is 2.98. The van der Waals surface area contributed by atoms with Crippen molar-refractivity contribution in [1.82, 2.24) is 0 Å². The average Bonchev–Trinajstić information content (AvgIpc) is 2.46. The van der Waals surface area contributed by atoms with Gasteiger partial charge in [0, 0.05) is 0 Å². The summed E-state index contributed by atoms with van der Waals surface area (Å²) in [6.45, 7) is 5.17. The molecule has 0 aromatic heterocycles. The SMILES string of the molecule is CC(C)(C)OC(=O)Oc1ccc(OC2CCC2)ccc1=O. The molecule has 0 N–H and O–H groups in total. The van der Waals surface area contributed by atoms with E-state index >= 15 is 0 Å². The van der Waals surface area contributed by atoms with Crippen LogP contribution in [0.15, 0.2) is 29.1 Å². The van der Waals surface area contributed by atoms with Crippen LogP contribution in [0.1, 0.15) is 40.0 Å². The summed E-state index contributed by atoms with van der Waals surface area (Å²) < 4.78 is 15.7. The molecular weight excluding hydrogens is 272 g/mol. The zero-order valence-corrected chi connectivity index (χ0v) is 12.5. The molecule has 1 saturated carbocycles. The molecular formula is C16H20O5. The molecule has 1 aromatic carbocycles. The summed E-state index contributed by atoms with van der Waals surface area (Å²) in [5, 5.41) is 0. The molecule has 21 heavy (non-hydrogen) atoms. The maximum Gasteiger partial charge on any atom is 0.514 e. The molecule has 0 amide bonds. The van der Waals surface area contributed by atoms with E-state index in [-0.39, 0.29) is 11.9 Å². The van der Waals surface area contributed by atoms with Gasteiger partial charge in [-0.05, 0) is 64.3 Å². The maximum atomic E-state index is 11.9. The lowest BCUT2D eigenvalue weighted by atomic mass is 9.96. The predicted octanol–water partition coefficient (Wildman–Crippen LogP) is 3.29. The van der Waals surface area contributed by atoms with Crippen LogP contribution in [-0.2, 0) is 4.74 Å². The summed E-state index contributed by atoms with van der Waals surface area (Å²) in [6.07, 6.45) is 2.56. The molecule has 1 aliphatic rings. The summed E-state index contributed by atoms with van der Waals surface area (Å²) in [7, 11) is 0. The fourth-order valence-corrected chi connectivity index (χ4v) is 1.74. The van der Waals surface area contributed by atoms with E-state index in [4.69, 9.17) is 14.2 Å².